The summed E-state index contributed by atoms with van der Waals surface area (Å²) in [7, 11) is -2.47. The van der Waals surface area contributed by atoms with Crippen molar-refractivity contribution in [2.24, 2.45) is 4.40 Å². The fraction of sp³-hybridized carbons (Fsp3) is 0.562. The topological polar surface area (TPSA) is 68.2 Å². The second kappa shape index (κ2) is 6.79. The Bertz CT molecular complexity index is 836. The van der Waals surface area contributed by atoms with Crippen molar-refractivity contribution in [3.8, 4) is 0 Å². The SMILES string of the molecule is CN(C)C=NS(=O)(=O)c1cc(C(F)(F)F)ccc1B1OC(C)(C)C(C)(C)O1. The zero-order valence-electron chi connectivity index (χ0n) is 16.0. The third-order valence-corrected chi connectivity index (χ3v) is 5.82. The molecule has 150 valence electrons. The predicted molar refractivity (Wildman–Crippen MR) is 96.5 cm³/mol. The van der Waals surface area contributed by atoms with Gasteiger partial charge in [-0.15, -0.1) is 4.40 Å². The Hall–Kier alpha value is -1.59. The highest BCUT2D eigenvalue weighted by Crippen LogP contribution is 2.37. The van der Waals surface area contributed by atoms with Crippen LogP contribution in [-0.2, 0) is 25.5 Å². The minimum atomic E-state index is -4.70. The van der Waals surface area contributed by atoms with Crippen LogP contribution < -0.4 is 5.46 Å². The molecule has 1 saturated heterocycles. The molecular weight excluding hydrogens is 384 g/mol. The zero-order chi connectivity index (χ0) is 20.8. The molecule has 0 amide bonds. The van der Waals surface area contributed by atoms with Crippen LogP contribution >= 0.6 is 0 Å². The molecule has 0 saturated carbocycles. The van der Waals surface area contributed by atoms with E-state index in [1.165, 1.54) is 4.90 Å². The first kappa shape index (κ1) is 21.7. The van der Waals surface area contributed by atoms with Gasteiger partial charge in [0.15, 0.2) is 0 Å². The maximum absolute atomic E-state index is 13.1. The summed E-state index contributed by atoms with van der Waals surface area (Å²) in [4.78, 5) is 0.758. The van der Waals surface area contributed by atoms with Gasteiger partial charge in [0.25, 0.3) is 10.0 Å². The van der Waals surface area contributed by atoms with Crippen LogP contribution in [0.15, 0.2) is 27.5 Å². The van der Waals surface area contributed by atoms with Crippen LogP contribution in [0.4, 0.5) is 13.2 Å². The first-order chi connectivity index (χ1) is 12.1. The van der Waals surface area contributed by atoms with Gasteiger partial charge in [0.1, 0.15) is 6.34 Å². The molecule has 1 aliphatic rings. The molecule has 11 heteroatoms. The number of rotatable bonds is 4. The molecule has 1 aliphatic heterocycles. The molecule has 0 aromatic heterocycles. The van der Waals surface area contributed by atoms with E-state index in [-0.39, 0.29) is 5.46 Å². The second-order valence-electron chi connectivity index (χ2n) is 7.50. The third-order valence-electron chi connectivity index (χ3n) is 4.54. The number of alkyl halides is 3. The molecule has 0 atom stereocenters. The van der Waals surface area contributed by atoms with Gasteiger partial charge < -0.3 is 14.2 Å². The molecule has 0 bridgehead atoms. The average Bonchev–Trinajstić information content (AvgIpc) is 2.72. The molecule has 0 unspecified atom stereocenters. The maximum Gasteiger partial charge on any atom is 0.496 e. The highest BCUT2D eigenvalue weighted by molar-refractivity contribution is 7.90. The first-order valence-electron chi connectivity index (χ1n) is 8.10. The third kappa shape index (κ3) is 4.46. The lowest BCUT2D eigenvalue weighted by Gasteiger charge is -2.32. The van der Waals surface area contributed by atoms with Crippen molar-refractivity contribution in [2.45, 2.75) is 50.0 Å². The van der Waals surface area contributed by atoms with Crippen molar-refractivity contribution in [1.82, 2.24) is 4.90 Å². The Labute approximate surface area is 157 Å². The van der Waals surface area contributed by atoms with Crippen LogP contribution in [0.25, 0.3) is 0 Å². The summed E-state index contributed by atoms with van der Waals surface area (Å²) in [6.07, 6.45) is -3.70. The van der Waals surface area contributed by atoms with Crippen molar-refractivity contribution in [2.75, 3.05) is 14.1 Å². The Balaban J connectivity index is 2.62. The van der Waals surface area contributed by atoms with Gasteiger partial charge >= 0.3 is 13.3 Å². The van der Waals surface area contributed by atoms with E-state index >= 15 is 0 Å². The lowest BCUT2D eigenvalue weighted by Crippen LogP contribution is -2.41. The summed E-state index contributed by atoms with van der Waals surface area (Å²) >= 11 is 0. The predicted octanol–water partition coefficient (Wildman–Crippen LogP) is 2.28. The molecule has 1 aromatic rings. The van der Waals surface area contributed by atoms with Crippen molar-refractivity contribution >= 4 is 28.9 Å². The fourth-order valence-corrected chi connectivity index (χ4v) is 3.48. The van der Waals surface area contributed by atoms with Crippen LogP contribution in [0.1, 0.15) is 33.3 Å². The molecule has 1 heterocycles. The van der Waals surface area contributed by atoms with Crippen molar-refractivity contribution in [1.29, 1.82) is 0 Å². The normalized spacial score (nSPS) is 19.7. The average molecular weight is 406 g/mol. The maximum atomic E-state index is 13.1. The van der Waals surface area contributed by atoms with Crippen LogP contribution in [-0.4, -0.2) is 52.1 Å². The fourth-order valence-electron chi connectivity index (χ4n) is 2.31. The molecule has 2 rings (SSSR count). The van der Waals surface area contributed by atoms with E-state index in [4.69, 9.17) is 9.31 Å². The molecule has 0 aliphatic carbocycles. The smallest absolute Gasteiger partial charge is 0.399 e. The van der Waals surface area contributed by atoms with Gasteiger partial charge in [0, 0.05) is 19.6 Å². The summed E-state index contributed by atoms with van der Waals surface area (Å²) < 4.78 is 79.7. The van der Waals surface area contributed by atoms with Crippen LogP contribution in [0.5, 0.6) is 0 Å². The Morgan fingerprint density at radius 1 is 1.11 bits per heavy atom. The van der Waals surface area contributed by atoms with E-state index in [2.05, 4.69) is 4.40 Å². The van der Waals surface area contributed by atoms with E-state index in [1.54, 1.807) is 41.8 Å². The molecule has 0 N–H and O–H groups in total. The van der Waals surface area contributed by atoms with Crippen molar-refractivity contribution in [3.05, 3.63) is 23.8 Å². The quantitative estimate of drug-likeness (QED) is 0.436. The summed E-state index contributed by atoms with van der Waals surface area (Å²) in [5.41, 5.74) is -2.69. The van der Waals surface area contributed by atoms with E-state index in [9.17, 15) is 21.6 Å². The number of nitrogens with zero attached hydrogens (tertiary/aromatic N) is 2. The van der Waals surface area contributed by atoms with E-state index in [1.807, 2.05) is 0 Å². The van der Waals surface area contributed by atoms with E-state index < -0.39 is 45.0 Å². The number of sulfonamides is 1. The van der Waals surface area contributed by atoms with Gasteiger partial charge in [-0.2, -0.15) is 21.6 Å². The molecule has 1 fully saturated rings. The lowest BCUT2D eigenvalue weighted by atomic mass is 9.78. The Morgan fingerprint density at radius 3 is 2.07 bits per heavy atom. The zero-order valence-corrected chi connectivity index (χ0v) is 16.8. The second-order valence-corrected chi connectivity index (χ2v) is 9.10. The Morgan fingerprint density at radius 2 is 1.63 bits per heavy atom. The lowest BCUT2D eigenvalue weighted by molar-refractivity contribution is -0.137. The molecule has 6 nitrogen and oxygen atoms in total. The molecule has 1 aromatic carbocycles. The van der Waals surface area contributed by atoms with Gasteiger partial charge in [-0.25, -0.2) is 0 Å². The van der Waals surface area contributed by atoms with Crippen LogP contribution in [0.3, 0.4) is 0 Å². The van der Waals surface area contributed by atoms with Gasteiger partial charge in [-0.05, 0) is 33.8 Å². The molecule has 27 heavy (non-hydrogen) atoms. The standard InChI is InChI=1S/C16H22BF3N2O4S/c1-14(2)15(3,4)26-17(25-14)12-8-7-11(16(18,19)20)9-13(12)27(23,24)21-10-22(5)6/h7-10H,1-6H3. The van der Waals surface area contributed by atoms with Crippen molar-refractivity contribution in [3.63, 3.8) is 0 Å². The van der Waals surface area contributed by atoms with Gasteiger partial charge in [0.05, 0.1) is 21.7 Å². The van der Waals surface area contributed by atoms with Gasteiger partial charge in [-0.1, -0.05) is 12.1 Å². The van der Waals surface area contributed by atoms with Gasteiger partial charge in [-0.3, -0.25) is 0 Å². The molecular formula is C16H22BF3N2O4S. The van der Waals surface area contributed by atoms with Gasteiger partial charge in [0.2, 0.25) is 0 Å². The summed E-state index contributed by atoms with van der Waals surface area (Å²) in [6.45, 7) is 7.04. The largest absolute Gasteiger partial charge is 0.496 e. The summed E-state index contributed by atoms with van der Waals surface area (Å²) in [5, 5.41) is 0. The molecule has 0 spiro atoms. The minimum Gasteiger partial charge on any atom is -0.399 e. The monoisotopic (exact) mass is 406 g/mol. The number of hydrogen-bond acceptors (Lipinski definition) is 4. The first-order valence-corrected chi connectivity index (χ1v) is 9.54. The highest BCUT2D eigenvalue weighted by atomic mass is 32.2. The number of hydrogen-bond donors (Lipinski definition) is 0. The van der Waals surface area contributed by atoms with Crippen LogP contribution in [0.2, 0.25) is 0 Å². The van der Waals surface area contributed by atoms with E-state index in [0.717, 1.165) is 18.5 Å². The molecule has 0 radical (unpaired) electrons. The summed E-state index contributed by atoms with van der Waals surface area (Å²) in [6, 6.07) is 2.42. The van der Waals surface area contributed by atoms with E-state index in [0.29, 0.717) is 6.07 Å². The number of benzene rings is 1. The van der Waals surface area contributed by atoms with Crippen molar-refractivity contribution < 1.29 is 30.9 Å². The Kier molecular flexibility index (Phi) is 5.46. The highest BCUT2D eigenvalue weighted by Gasteiger charge is 2.53. The summed E-state index contributed by atoms with van der Waals surface area (Å²) in [5.74, 6) is 0. The number of halogens is 3. The minimum absolute atomic E-state index is 0.0300. The van der Waals surface area contributed by atoms with Crippen LogP contribution in [0, 0.1) is 0 Å².